The van der Waals surface area contributed by atoms with E-state index in [1.165, 1.54) is 18.2 Å². The van der Waals surface area contributed by atoms with Crippen LogP contribution < -0.4 is 10.5 Å². The molecule has 1 aromatic carbocycles. The zero-order chi connectivity index (χ0) is 13.7. The SMILES string of the molecule is CCC(Oc1cc(CO)ccc1[N+](=O)[O-])C(N)=O. The first kappa shape index (κ1) is 13.9. The van der Waals surface area contributed by atoms with Gasteiger partial charge in [-0.15, -0.1) is 0 Å². The van der Waals surface area contributed by atoms with Gasteiger partial charge in [-0.3, -0.25) is 14.9 Å². The highest BCUT2D eigenvalue weighted by atomic mass is 16.6. The van der Waals surface area contributed by atoms with Crippen molar-refractivity contribution in [3.05, 3.63) is 33.9 Å². The van der Waals surface area contributed by atoms with Crippen molar-refractivity contribution in [3.8, 4) is 5.75 Å². The average molecular weight is 254 g/mol. The number of nitro benzene ring substituents is 1. The highest BCUT2D eigenvalue weighted by Crippen LogP contribution is 2.29. The molecular weight excluding hydrogens is 240 g/mol. The summed E-state index contributed by atoms with van der Waals surface area (Å²) in [5.41, 5.74) is 5.29. The molecular formula is C11H14N2O5. The van der Waals surface area contributed by atoms with Gasteiger partial charge in [0.2, 0.25) is 0 Å². The summed E-state index contributed by atoms with van der Waals surface area (Å²) in [6.07, 6.45) is -0.631. The van der Waals surface area contributed by atoms with E-state index in [2.05, 4.69) is 0 Å². The summed E-state index contributed by atoms with van der Waals surface area (Å²) in [6, 6.07) is 3.95. The molecule has 1 amide bonds. The van der Waals surface area contributed by atoms with Crippen molar-refractivity contribution in [2.75, 3.05) is 0 Å². The summed E-state index contributed by atoms with van der Waals surface area (Å²) in [6.45, 7) is 1.40. The van der Waals surface area contributed by atoms with Crippen LogP contribution in [0.3, 0.4) is 0 Å². The maximum Gasteiger partial charge on any atom is 0.310 e. The molecule has 0 aliphatic heterocycles. The van der Waals surface area contributed by atoms with Crippen molar-refractivity contribution >= 4 is 11.6 Å². The van der Waals surface area contributed by atoms with Crippen LogP contribution in [0.4, 0.5) is 5.69 Å². The minimum Gasteiger partial charge on any atom is -0.473 e. The van der Waals surface area contributed by atoms with Crippen LogP contribution in [0.5, 0.6) is 5.75 Å². The monoisotopic (exact) mass is 254 g/mol. The molecule has 7 nitrogen and oxygen atoms in total. The maximum atomic E-state index is 11.0. The first-order valence-corrected chi connectivity index (χ1v) is 5.33. The third-order valence-electron chi connectivity index (χ3n) is 2.36. The Morgan fingerprint density at radius 2 is 2.28 bits per heavy atom. The molecule has 7 heteroatoms. The Morgan fingerprint density at radius 1 is 1.61 bits per heavy atom. The van der Waals surface area contributed by atoms with E-state index in [9.17, 15) is 14.9 Å². The van der Waals surface area contributed by atoms with Gasteiger partial charge in [-0.1, -0.05) is 6.92 Å². The highest BCUT2D eigenvalue weighted by molar-refractivity contribution is 5.79. The van der Waals surface area contributed by atoms with Gasteiger partial charge in [0.15, 0.2) is 11.9 Å². The van der Waals surface area contributed by atoms with Crippen molar-refractivity contribution in [1.82, 2.24) is 0 Å². The minimum absolute atomic E-state index is 0.0720. The third-order valence-corrected chi connectivity index (χ3v) is 2.36. The molecule has 0 radical (unpaired) electrons. The predicted octanol–water partition coefficient (Wildman–Crippen LogP) is 0.730. The second-order valence-corrected chi connectivity index (χ2v) is 3.63. The van der Waals surface area contributed by atoms with Gasteiger partial charge in [0.25, 0.3) is 5.91 Å². The van der Waals surface area contributed by atoms with Gasteiger partial charge in [-0.2, -0.15) is 0 Å². The number of carbonyl (C=O) groups is 1. The fourth-order valence-corrected chi connectivity index (χ4v) is 1.40. The molecule has 0 aliphatic rings. The normalized spacial score (nSPS) is 11.9. The summed E-state index contributed by atoms with van der Waals surface area (Å²) in [5, 5.41) is 19.8. The number of aliphatic hydroxyl groups is 1. The predicted molar refractivity (Wildman–Crippen MR) is 62.9 cm³/mol. The molecule has 0 fully saturated rings. The van der Waals surface area contributed by atoms with Crippen LogP contribution in [0.15, 0.2) is 18.2 Å². The van der Waals surface area contributed by atoms with Gasteiger partial charge in [-0.25, -0.2) is 0 Å². The Labute approximate surface area is 103 Å². The van der Waals surface area contributed by atoms with Crippen molar-refractivity contribution in [3.63, 3.8) is 0 Å². The standard InChI is InChI=1S/C11H14N2O5/c1-2-9(11(12)15)18-10-5-7(6-14)3-4-8(10)13(16)17/h3-5,9,14H,2,6H2,1H3,(H2,12,15). The number of nitro groups is 1. The number of primary amides is 1. The van der Waals surface area contributed by atoms with Gasteiger partial charge in [0.1, 0.15) is 0 Å². The second kappa shape index (κ2) is 5.97. The van der Waals surface area contributed by atoms with Gasteiger partial charge in [0, 0.05) is 6.07 Å². The van der Waals surface area contributed by atoms with E-state index < -0.39 is 16.9 Å². The number of aliphatic hydroxyl groups excluding tert-OH is 1. The molecule has 1 atom stereocenters. The Hall–Kier alpha value is -2.15. The molecule has 1 aromatic rings. The fraction of sp³-hybridized carbons (Fsp3) is 0.364. The number of amides is 1. The number of benzene rings is 1. The first-order valence-electron chi connectivity index (χ1n) is 5.33. The lowest BCUT2D eigenvalue weighted by Gasteiger charge is -2.14. The van der Waals surface area contributed by atoms with E-state index in [1.54, 1.807) is 6.92 Å². The van der Waals surface area contributed by atoms with Crippen molar-refractivity contribution in [1.29, 1.82) is 0 Å². The molecule has 98 valence electrons. The van der Waals surface area contributed by atoms with E-state index in [0.29, 0.717) is 12.0 Å². The molecule has 0 aliphatic carbocycles. The lowest BCUT2D eigenvalue weighted by atomic mass is 10.2. The van der Waals surface area contributed by atoms with E-state index >= 15 is 0 Å². The molecule has 0 heterocycles. The topological polar surface area (TPSA) is 116 Å². The summed E-state index contributed by atoms with van der Waals surface area (Å²) in [7, 11) is 0. The van der Waals surface area contributed by atoms with Crippen LogP contribution in [0, 0.1) is 10.1 Å². The second-order valence-electron chi connectivity index (χ2n) is 3.63. The summed E-state index contributed by atoms with van der Waals surface area (Å²) in [4.78, 5) is 21.2. The lowest BCUT2D eigenvalue weighted by Crippen LogP contribution is -2.33. The summed E-state index contributed by atoms with van der Waals surface area (Å²) < 4.78 is 5.23. The van der Waals surface area contributed by atoms with E-state index in [0.717, 1.165) is 0 Å². The van der Waals surface area contributed by atoms with Crippen LogP contribution in [0.1, 0.15) is 18.9 Å². The Morgan fingerprint density at radius 3 is 2.72 bits per heavy atom. The number of nitrogens with two attached hydrogens (primary N) is 1. The van der Waals surface area contributed by atoms with Crippen molar-refractivity contribution < 1.29 is 19.6 Å². The number of ether oxygens (including phenoxy) is 1. The zero-order valence-electron chi connectivity index (χ0n) is 9.83. The van der Waals surface area contributed by atoms with Crippen LogP contribution in [-0.4, -0.2) is 22.0 Å². The van der Waals surface area contributed by atoms with Gasteiger partial charge < -0.3 is 15.6 Å². The third kappa shape index (κ3) is 3.17. The molecule has 18 heavy (non-hydrogen) atoms. The van der Waals surface area contributed by atoms with Crippen LogP contribution >= 0.6 is 0 Å². The Kier molecular flexibility index (Phi) is 4.61. The summed E-state index contributed by atoms with van der Waals surface area (Å²) >= 11 is 0. The van der Waals surface area contributed by atoms with Gasteiger partial charge in [-0.05, 0) is 24.1 Å². The molecule has 0 saturated carbocycles. The molecule has 0 bridgehead atoms. The van der Waals surface area contributed by atoms with Crippen LogP contribution in [0.2, 0.25) is 0 Å². The molecule has 1 rings (SSSR count). The van der Waals surface area contributed by atoms with E-state index in [1.807, 2.05) is 0 Å². The van der Waals surface area contributed by atoms with Crippen LogP contribution in [-0.2, 0) is 11.4 Å². The molecule has 0 saturated heterocycles. The molecule has 0 spiro atoms. The smallest absolute Gasteiger partial charge is 0.310 e. The average Bonchev–Trinajstić information content (AvgIpc) is 2.34. The Balaban J connectivity index is 3.11. The molecule has 1 unspecified atom stereocenters. The number of carbonyl (C=O) groups excluding carboxylic acids is 1. The fourth-order valence-electron chi connectivity index (χ4n) is 1.40. The van der Waals surface area contributed by atoms with Crippen molar-refractivity contribution in [2.45, 2.75) is 26.1 Å². The van der Waals surface area contributed by atoms with E-state index in [4.69, 9.17) is 15.6 Å². The van der Waals surface area contributed by atoms with Crippen LogP contribution in [0.25, 0.3) is 0 Å². The molecule has 3 N–H and O–H groups in total. The van der Waals surface area contributed by atoms with Crippen molar-refractivity contribution in [2.24, 2.45) is 5.73 Å². The van der Waals surface area contributed by atoms with Gasteiger partial charge in [0.05, 0.1) is 11.5 Å². The lowest BCUT2D eigenvalue weighted by molar-refractivity contribution is -0.386. The van der Waals surface area contributed by atoms with Gasteiger partial charge >= 0.3 is 5.69 Å². The zero-order valence-corrected chi connectivity index (χ0v) is 9.83. The highest BCUT2D eigenvalue weighted by Gasteiger charge is 2.21. The largest absolute Gasteiger partial charge is 0.473 e. The van der Waals surface area contributed by atoms with E-state index in [-0.39, 0.29) is 18.0 Å². The molecule has 0 aromatic heterocycles. The number of nitrogens with zero attached hydrogens (tertiary/aromatic N) is 1. The number of hydrogen-bond acceptors (Lipinski definition) is 5. The maximum absolute atomic E-state index is 11.0. The number of rotatable bonds is 6. The minimum atomic E-state index is -0.933. The summed E-state index contributed by atoms with van der Waals surface area (Å²) in [5.74, 6) is -0.765. The number of hydrogen-bond donors (Lipinski definition) is 2. The first-order chi connectivity index (χ1) is 8.49. The Bertz CT molecular complexity index is 461. The quantitative estimate of drug-likeness (QED) is 0.573.